The largest absolute Gasteiger partial charge is 0.507 e. The number of nitrogens with zero attached hydrogens (tertiary/aromatic N) is 1. The first-order valence-corrected chi connectivity index (χ1v) is 10.6. The smallest absolute Gasteiger partial charge is 0.270 e. The fourth-order valence-electron chi connectivity index (χ4n) is 3.52. The van der Waals surface area contributed by atoms with Crippen LogP contribution in [0.3, 0.4) is 0 Å². The molecule has 0 unspecified atom stereocenters. The number of benzene rings is 2. The van der Waals surface area contributed by atoms with Crippen molar-refractivity contribution in [2.45, 2.75) is 52.4 Å². The van der Waals surface area contributed by atoms with E-state index in [1.54, 1.807) is 30.3 Å². The second kappa shape index (κ2) is 7.93. The summed E-state index contributed by atoms with van der Waals surface area (Å²) in [6.45, 7) is 12.1. The SMILES string of the molecule is CC(C)(C)c1cc(/C=C2\C(=O)NC(=S)N(c3ccccc3)C2=O)cc(C(C)(C)C)c1O. The zero-order valence-corrected chi connectivity index (χ0v) is 19.6. The number of anilines is 1. The first-order chi connectivity index (χ1) is 14.3. The maximum absolute atomic E-state index is 13.2. The van der Waals surface area contributed by atoms with Crippen molar-refractivity contribution in [3.8, 4) is 5.75 Å². The number of carbonyl (C=O) groups excluding carboxylic acids is 2. The normalized spacial score (nSPS) is 16.6. The number of phenolic OH excluding ortho intramolecular Hbond substituents is 1. The Hall–Kier alpha value is -2.99. The van der Waals surface area contributed by atoms with Gasteiger partial charge in [-0.3, -0.25) is 19.8 Å². The molecule has 6 heteroatoms. The zero-order valence-electron chi connectivity index (χ0n) is 18.7. The molecule has 0 aromatic heterocycles. The van der Waals surface area contributed by atoms with Gasteiger partial charge in [0.25, 0.3) is 11.8 Å². The van der Waals surface area contributed by atoms with Crippen LogP contribution in [-0.2, 0) is 20.4 Å². The minimum absolute atomic E-state index is 0.0112. The quantitative estimate of drug-likeness (QED) is 0.402. The van der Waals surface area contributed by atoms with Crippen molar-refractivity contribution in [2.24, 2.45) is 0 Å². The van der Waals surface area contributed by atoms with E-state index in [0.29, 0.717) is 11.3 Å². The number of hydrogen-bond acceptors (Lipinski definition) is 4. The molecule has 0 aliphatic carbocycles. The Morgan fingerprint density at radius 2 is 1.45 bits per heavy atom. The van der Waals surface area contributed by atoms with Crippen molar-refractivity contribution in [2.75, 3.05) is 4.90 Å². The molecule has 1 fully saturated rings. The Morgan fingerprint density at radius 1 is 0.935 bits per heavy atom. The number of amides is 2. The first kappa shape index (κ1) is 22.7. The van der Waals surface area contributed by atoms with Gasteiger partial charge in [-0.05, 0) is 59.0 Å². The molecule has 0 atom stereocenters. The van der Waals surface area contributed by atoms with Gasteiger partial charge >= 0.3 is 0 Å². The van der Waals surface area contributed by atoms with E-state index in [4.69, 9.17) is 12.2 Å². The minimum atomic E-state index is -0.537. The molecular formula is C25H28N2O3S. The van der Waals surface area contributed by atoms with E-state index in [0.717, 1.165) is 11.1 Å². The molecule has 1 heterocycles. The summed E-state index contributed by atoms with van der Waals surface area (Å²) in [6, 6.07) is 12.6. The predicted octanol–water partition coefficient (Wildman–Crippen LogP) is 4.82. The Morgan fingerprint density at radius 3 is 1.94 bits per heavy atom. The van der Waals surface area contributed by atoms with Crippen molar-refractivity contribution in [3.05, 3.63) is 64.7 Å². The molecule has 162 valence electrons. The van der Waals surface area contributed by atoms with E-state index < -0.39 is 11.8 Å². The summed E-state index contributed by atoms with van der Waals surface area (Å²) in [5.41, 5.74) is 2.11. The van der Waals surface area contributed by atoms with Gasteiger partial charge in [-0.25, -0.2) is 0 Å². The Labute approximate surface area is 188 Å². The van der Waals surface area contributed by atoms with Crippen molar-refractivity contribution in [1.82, 2.24) is 5.32 Å². The molecule has 2 aromatic rings. The van der Waals surface area contributed by atoms with Crippen LogP contribution in [0.1, 0.15) is 58.2 Å². The molecule has 31 heavy (non-hydrogen) atoms. The molecule has 5 nitrogen and oxygen atoms in total. The highest BCUT2D eigenvalue weighted by Gasteiger charge is 2.35. The molecule has 1 aliphatic heterocycles. The average molecular weight is 437 g/mol. The van der Waals surface area contributed by atoms with Gasteiger partial charge in [0.2, 0.25) is 0 Å². The molecule has 2 N–H and O–H groups in total. The van der Waals surface area contributed by atoms with Gasteiger partial charge in [-0.2, -0.15) is 0 Å². The number of aromatic hydroxyl groups is 1. The van der Waals surface area contributed by atoms with Gasteiger partial charge in [0.1, 0.15) is 11.3 Å². The van der Waals surface area contributed by atoms with E-state index in [9.17, 15) is 14.7 Å². The Kier molecular flexibility index (Phi) is 5.80. The maximum atomic E-state index is 13.2. The summed E-state index contributed by atoms with van der Waals surface area (Å²) in [5, 5.41) is 13.6. The number of nitrogens with one attached hydrogen (secondary N) is 1. The van der Waals surface area contributed by atoms with Crippen LogP contribution in [0.15, 0.2) is 48.0 Å². The van der Waals surface area contributed by atoms with Crippen molar-refractivity contribution in [3.63, 3.8) is 0 Å². The molecule has 1 saturated heterocycles. The van der Waals surface area contributed by atoms with Crippen LogP contribution >= 0.6 is 12.2 Å². The topological polar surface area (TPSA) is 69.6 Å². The minimum Gasteiger partial charge on any atom is -0.507 e. The number of carbonyl (C=O) groups is 2. The van der Waals surface area contributed by atoms with E-state index in [1.165, 1.54) is 4.90 Å². The average Bonchev–Trinajstić information content (AvgIpc) is 2.65. The Bertz CT molecular complexity index is 1050. The summed E-state index contributed by atoms with van der Waals surface area (Å²) in [4.78, 5) is 27.2. The lowest BCUT2D eigenvalue weighted by Gasteiger charge is -2.29. The molecular weight excluding hydrogens is 408 g/mol. The molecule has 0 saturated carbocycles. The van der Waals surface area contributed by atoms with Crippen LogP contribution in [-0.4, -0.2) is 22.0 Å². The van der Waals surface area contributed by atoms with Gasteiger partial charge in [0, 0.05) is 11.1 Å². The molecule has 3 rings (SSSR count). The third kappa shape index (κ3) is 4.54. The standard InChI is InChI=1S/C25H28N2O3S/c1-24(2,3)18-13-15(14-19(20(18)28)25(4,5)6)12-17-21(29)26-23(31)27(22(17)30)16-10-8-7-9-11-16/h7-14,28H,1-6H3,(H,26,29,31)/b17-12+. The van der Waals surface area contributed by atoms with Gasteiger partial charge in [0.15, 0.2) is 5.11 Å². The second-order valence-electron chi connectivity index (χ2n) is 9.76. The predicted molar refractivity (Wildman–Crippen MR) is 128 cm³/mol. The third-order valence-electron chi connectivity index (χ3n) is 5.18. The number of rotatable bonds is 2. The first-order valence-electron chi connectivity index (χ1n) is 10.1. The van der Waals surface area contributed by atoms with Crippen molar-refractivity contribution < 1.29 is 14.7 Å². The number of para-hydroxylation sites is 1. The highest BCUT2D eigenvalue weighted by atomic mass is 32.1. The molecule has 0 radical (unpaired) electrons. The summed E-state index contributed by atoms with van der Waals surface area (Å²) in [7, 11) is 0. The lowest BCUT2D eigenvalue weighted by Crippen LogP contribution is -2.54. The van der Waals surface area contributed by atoms with Crippen LogP contribution in [0.2, 0.25) is 0 Å². The fraction of sp³-hybridized carbons (Fsp3) is 0.320. The van der Waals surface area contributed by atoms with Gasteiger partial charge in [-0.15, -0.1) is 0 Å². The third-order valence-corrected chi connectivity index (χ3v) is 5.46. The zero-order chi connectivity index (χ0) is 23.1. The highest BCUT2D eigenvalue weighted by Crippen LogP contribution is 2.40. The molecule has 2 amide bonds. The maximum Gasteiger partial charge on any atom is 0.270 e. The fourth-order valence-corrected chi connectivity index (χ4v) is 3.80. The van der Waals surface area contributed by atoms with Crippen LogP contribution in [0.4, 0.5) is 5.69 Å². The number of hydrogen-bond donors (Lipinski definition) is 2. The van der Waals surface area contributed by atoms with Crippen LogP contribution < -0.4 is 10.2 Å². The van der Waals surface area contributed by atoms with Crippen molar-refractivity contribution in [1.29, 1.82) is 0 Å². The summed E-state index contributed by atoms with van der Waals surface area (Å²) in [6.07, 6.45) is 1.57. The lowest BCUT2D eigenvalue weighted by atomic mass is 9.78. The van der Waals surface area contributed by atoms with Gasteiger partial charge in [0.05, 0.1) is 5.69 Å². The van der Waals surface area contributed by atoms with Gasteiger partial charge in [-0.1, -0.05) is 59.7 Å². The summed E-state index contributed by atoms with van der Waals surface area (Å²) >= 11 is 5.25. The summed E-state index contributed by atoms with van der Waals surface area (Å²) < 4.78 is 0. The molecule has 0 bridgehead atoms. The van der Waals surface area contributed by atoms with Crippen molar-refractivity contribution >= 4 is 40.9 Å². The van der Waals surface area contributed by atoms with E-state index >= 15 is 0 Å². The highest BCUT2D eigenvalue weighted by molar-refractivity contribution is 7.80. The monoisotopic (exact) mass is 436 g/mol. The van der Waals surface area contributed by atoms with Crippen LogP contribution in [0.5, 0.6) is 5.75 Å². The van der Waals surface area contributed by atoms with E-state index in [1.807, 2.05) is 59.7 Å². The van der Waals surface area contributed by atoms with E-state index in [2.05, 4.69) is 5.32 Å². The van der Waals surface area contributed by atoms with E-state index in [-0.39, 0.29) is 27.3 Å². The number of thiocarbonyl (C=S) groups is 1. The Balaban J connectivity index is 2.16. The van der Waals surface area contributed by atoms with Crippen LogP contribution in [0.25, 0.3) is 6.08 Å². The molecule has 1 aliphatic rings. The van der Waals surface area contributed by atoms with Crippen LogP contribution in [0, 0.1) is 0 Å². The summed E-state index contributed by atoms with van der Waals surface area (Å²) in [5.74, 6) is -0.777. The molecule has 2 aromatic carbocycles. The second-order valence-corrected chi connectivity index (χ2v) is 10.1. The number of phenols is 1. The van der Waals surface area contributed by atoms with Gasteiger partial charge < -0.3 is 5.11 Å². The molecule has 0 spiro atoms. The lowest BCUT2D eigenvalue weighted by molar-refractivity contribution is -0.122.